The van der Waals surface area contributed by atoms with E-state index in [9.17, 15) is 4.79 Å². The summed E-state index contributed by atoms with van der Waals surface area (Å²) in [7, 11) is 1.57. The molecule has 2 amide bonds. The third kappa shape index (κ3) is 4.79. The van der Waals surface area contributed by atoms with E-state index < -0.39 is 0 Å². The van der Waals surface area contributed by atoms with E-state index in [1.165, 1.54) is 0 Å². The molecule has 0 saturated heterocycles. The van der Waals surface area contributed by atoms with Gasteiger partial charge >= 0.3 is 6.03 Å². The maximum Gasteiger partial charge on any atom is 0.323 e. The zero-order valence-electron chi connectivity index (χ0n) is 17.1. The number of aliphatic imine (C=N–C) groups is 1. The Hall–Kier alpha value is -3.54. The van der Waals surface area contributed by atoms with E-state index in [2.05, 4.69) is 47.9 Å². The Balaban J connectivity index is 1.60. The zero-order chi connectivity index (χ0) is 21.8. The van der Waals surface area contributed by atoms with E-state index in [-0.39, 0.29) is 6.03 Å². The molecular weight excluding hydrogens is 456 g/mol. The monoisotopic (exact) mass is 476 g/mol. The minimum Gasteiger partial charge on any atom is -0.495 e. The molecule has 0 saturated carbocycles. The average Bonchev–Trinajstić information content (AvgIpc) is 2.95. The molecule has 7 heteroatoms. The minimum absolute atomic E-state index is 0.342. The Kier molecular flexibility index (Phi) is 6.07. The Bertz CT molecular complexity index is 1280. The number of urea groups is 1. The number of nitrogens with one attached hydrogen (secondary N) is 2. The molecule has 3 aromatic rings. The average molecular weight is 477 g/mol. The molecule has 4 rings (SSSR count). The maximum atomic E-state index is 12.7. The van der Waals surface area contributed by atoms with Crippen LogP contribution in [0.1, 0.15) is 5.56 Å². The Morgan fingerprint density at radius 3 is 2.87 bits per heavy atom. The van der Waals surface area contributed by atoms with Gasteiger partial charge in [-0.15, -0.1) is 5.73 Å². The van der Waals surface area contributed by atoms with Crippen molar-refractivity contribution in [2.24, 2.45) is 4.99 Å². The molecule has 0 aliphatic carbocycles. The number of aromatic nitrogens is 1. The van der Waals surface area contributed by atoms with Crippen LogP contribution >= 0.6 is 15.9 Å². The number of nitrogens with zero attached hydrogens (tertiary/aromatic N) is 2. The van der Waals surface area contributed by atoms with Gasteiger partial charge in [-0.2, -0.15) is 0 Å². The van der Waals surface area contributed by atoms with Gasteiger partial charge in [-0.05, 0) is 61.0 Å². The molecule has 2 aromatic carbocycles. The number of methoxy groups -OCH3 is 1. The van der Waals surface area contributed by atoms with Crippen LogP contribution in [0.4, 0.5) is 16.2 Å². The second kappa shape index (κ2) is 9.08. The van der Waals surface area contributed by atoms with Crippen molar-refractivity contribution in [1.29, 1.82) is 0 Å². The van der Waals surface area contributed by atoms with E-state index in [1.54, 1.807) is 37.7 Å². The number of halogens is 1. The van der Waals surface area contributed by atoms with Crippen LogP contribution in [0.15, 0.2) is 81.7 Å². The standard InChI is InChI=1S/C24H21BrN4O2/c1-16-12-20(27-24(30)28-21-14-18(25)5-6-23(21)31-2)19-8-11-29(22(19)13-16)15-17-4-3-9-26-10-7-17/h3,5-14H,15H2,1-2H3,(H2,27,28,30). The summed E-state index contributed by atoms with van der Waals surface area (Å²) >= 11 is 3.42. The fourth-order valence-electron chi connectivity index (χ4n) is 3.43. The Labute approximate surface area is 188 Å². The fraction of sp³-hybridized carbons (Fsp3) is 0.125. The highest BCUT2D eigenvalue weighted by atomic mass is 79.9. The van der Waals surface area contributed by atoms with Crippen LogP contribution < -0.4 is 15.4 Å². The number of carbonyl (C=O) groups excluding carboxylic acids is 1. The summed E-state index contributed by atoms with van der Waals surface area (Å²) in [5.41, 5.74) is 7.65. The Morgan fingerprint density at radius 1 is 1.19 bits per heavy atom. The molecule has 1 aromatic heterocycles. The zero-order valence-corrected chi connectivity index (χ0v) is 18.7. The molecule has 0 unspecified atom stereocenters. The van der Waals surface area contributed by atoms with E-state index in [1.807, 2.05) is 37.4 Å². The number of anilines is 2. The van der Waals surface area contributed by atoms with Crippen molar-refractivity contribution in [3.8, 4) is 5.75 Å². The van der Waals surface area contributed by atoms with Gasteiger partial charge in [0.05, 0.1) is 30.5 Å². The minimum atomic E-state index is -0.342. The SMILES string of the molecule is COc1ccc(Br)cc1NC(=O)Nc1cc(C)cc2c1ccn2CC1=C=CC=NC=C1. The lowest BCUT2D eigenvalue weighted by molar-refractivity contribution is 0.262. The van der Waals surface area contributed by atoms with Gasteiger partial charge in [0.2, 0.25) is 0 Å². The highest BCUT2D eigenvalue weighted by molar-refractivity contribution is 9.10. The molecule has 0 atom stereocenters. The summed E-state index contributed by atoms with van der Waals surface area (Å²) in [6.07, 6.45) is 9.23. The van der Waals surface area contributed by atoms with Crippen molar-refractivity contribution in [1.82, 2.24) is 4.57 Å². The first-order chi connectivity index (χ1) is 15.0. The molecule has 0 bridgehead atoms. The molecule has 2 N–H and O–H groups in total. The van der Waals surface area contributed by atoms with Crippen molar-refractivity contribution in [2.45, 2.75) is 13.5 Å². The second-order valence-corrected chi connectivity index (χ2v) is 7.98. The van der Waals surface area contributed by atoms with Crippen molar-refractivity contribution < 1.29 is 9.53 Å². The van der Waals surface area contributed by atoms with Crippen LogP contribution in [0.5, 0.6) is 5.75 Å². The molecule has 1 aliphatic heterocycles. The maximum absolute atomic E-state index is 12.7. The van der Waals surface area contributed by atoms with E-state index in [0.29, 0.717) is 18.0 Å². The molecule has 31 heavy (non-hydrogen) atoms. The summed E-state index contributed by atoms with van der Waals surface area (Å²) in [5.74, 6) is 0.584. The highest BCUT2D eigenvalue weighted by Gasteiger charge is 2.13. The van der Waals surface area contributed by atoms with Gasteiger partial charge in [0, 0.05) is 34.0 Å². The molecular formula is C24H21BrN4O2. The fourth-order valence-corrected chi connectivity index (χ4v) is 3.79. The lowest BCUT2D eigenvalue weighted by Gasteiger charge is -2.13. The number of amides is 2. The van der Waals surface area contributed by atoms with Crippen molar-refractivity contribution in [3.05, 3.63) is 82.3 Å². The van der Waals surface area contributed by atoms with Gasteiger partial charge in [0.15, 0.2) is 0 Å². The molecule has 156 valence electrons. The third-order valence-corrected chi connectivity index (χ3v) is 5.32. The molecule has 6 nitrogen and oxygen atoms in total. The number of hydrogen-bond donors (Lipinski definition) is 2. The normalized spacial score (nSPS) is 12.5. The van der Waals surface area contributed by atoms with E-state index >= 15 is 0 Å². The second-order valence-electron chi connectivity index (χ2n) is 7.06. The van der Waals surface area contributed by atoms with Crippen LogP contribution in [0.25, 0.3) is 10.9 Å². The van der Waals surface area contributed by atoms with Crippen LogP contribution in [-0.4, -0.2) is 23.9 Å². The number of carbonyl (C=O) groups is 1. The van der Waals surface area contributed by atoms with Crippen LogP contribution in [-0.2, 0) is 6.54 Å². The molecule has 0 spiro atoms. The smallest absolute Gasteiger partial charge is 0.323 e. The third-order valence-electron chi connectivity index (χ3n) is 4.82. The summed E-state index contributed by atoms with van der Waals surface area (Å²) < 4.78 is 8.31. The van der Waals surface area contributed by atoms with Crippen molar-refractivity contribution >= 4 is 50.5 Å². The summed E-state index contributed by atoms with van der Waals surface area (Å²) in [5, 5.41) is 6.80. The molecule has 1 aliphatic rings. The van der Waals surface area contributed by atoms with Gasteiger partial charge in [-0.1, -0.05) is 15.9 Å². The lowest BCUT2D eigenvalue weighted by Crippen LogP contribution is -2.20. The number of allylic oxidation sites excluding steroid dienone is 2. The topological polar surface area (TPSA) is 67.7 Å². The first-order valence-electron chi connectivity index (χ1n) is 9.68. The quantitative estimate of drug-likeness (QED) is 0.440. The lowest BCUT2D eigenvalue weighted by atomic mass is 10.1. The first kappa shape index (κ1) is 20.7. The van der Waals surface area contributed by atoms with Crippen molar-refractivity contribution in [3.63, 3.8) is 0 Å². The predicted molar refractivity (Wildman–Crippen MR) is 129 cm³/mol. The van der Waals surface area contributed by atoms with Gasteiger partial charge in [0.1, 0.15) is 5.75 Å². The number of ether oxygens (including phenoxy) is 1. The molecule has 2 heterocycles. The largest absolute Gasteiger partial charge is 0.495 e. The molecule has 0 fully saturated rings. The predicted octanol–water partition coefficient (Wildman–Crippen LogP) is 6.04. The molecule has 0 radical (unpaired) electrons. The highest BCUT2D eigenvalue weighted by Crippen LogP contribution is 2.30. The number of benzene rings is 2. The van der Waals surface area contributed by atoms with Crippen molar-refractivity contribution in [2.75, 3.05) is 17.7 Å². The van der Waals surface area contributed by atoms with E-state index in [0.717, 1.165) is 32.2 Å². The summed E-state index contributed by atoms with van der Waals surface area (Å²) in [6.45, 7) is 2.67. The number of rotatable bonds is 5. The summed E-state index contributed by atoms with van der Waals surface area (Å²) in [6, 6.07) is 11.2. The van der Waals surface area contributed by atoms with Gasteiger partial charge < -0.3 is 19.9 Å². The number of hydrogen-bond acceptors (Lipinski definition) is 3. The first-order valence-corrected chi connectivity index (χ1v) is 10.5. The number of aryl methyl sites for hydroxylation is 1. The van der Waals surface area contributed by atoms with Crippen LogP contribution in [0, 0.1) is 6.92 Å². The summed E-state index contributed by atoms with van der Waals surface area (Å²) in [4.78, 5) is 16.8. The van der Waals surface area contributed by atoms with Gasteiger partial charge in [0.25, 0.3) is 0 Å². The number of fused-ring (bicyclic) bond motifs is 1. The van der Waals surface area contributed by atoms with Crippen LogP contribution in [0.3, 0.4) is 0 Å². The Morgan fingerprint density at radius 2 is 2.03 bits per heavy atom. The van der Waals surface area contributed by atoms with E-state index in [4.69, 9.17) is 4.74 Å². The van der Waals surface area contributed by atoms with Crippen LogP contribution in [0.2, 0.25) is 0 Å². The van der Waals surface area contributed by atoms with Gasteiger partial charge in [-0.3, -0.25) is 4.99 Å². The van der Waals surface area contributed by atoms with Gasteiger partial charge in [-0.25, -0.2) is 4.79 Å².